The number of benzene rings is 2. The Morgan fingerprint density at radius 1 is 1.06 bits per heavy atom. The zero-order chi connectivity index (χ0) is 25.5. The van der Waals surface area contributed by atoms with E-state index in [9.17, 15) is 4.79 Å². The van der Waals surface area contributed by atoms with E-state index >= 15 is 0 Å². The number of nitrogens with two attached hydrogens (primary N) is 1. The van der Waals surface area contributed by atoms with Gasteiger partial charge in [0.25, 0.3) is 5.91 Å². The molecule has 2 heterocycles. The van der Waals surface area contributed by atoms with Crippen molar-refractivity contribution >= 4 is 17.4 Å². The average Bonchev–Trinajstić information content (AvgIpc) is 3.52. The predicted octanol–water partition coefficient (Wildman–Crippen LogP) is 3.24. The maximum absolute atomic E-state index is 13.1. The molecule has 0 atom stereocenters. The Morgan fingerprint density at radius 2 is 1.75 bits per heavy atom. The number of hydrogen-bond acceptors (Lipinski definition) is 10. The van der Waals surface area contributed by atoms with Crippen LogP contribution >= 0.6 is 0 Å². The number of rotatable bonds is 10. The molecule has 2 aromatic carbocycles. The molecule has 0 spiro atoms. The van der Waals surface area contributed by atoms with Crippen molar-refractivity contribution in [1.82, 2.24) is 30.7 Å². The van der Waals surface area contributed by atoms with E-state index in [2.05, 4.69) is 31.2 Å². The Kier molecular flexibility index (Phi) is 7.54. The Morgan fingerprint density at radius 3 is 2.39 bits per heavy atom. The van der Waals surface area contributed by atoms with Crippen LogP contribution in [0.15, 0.2) is 58.3 Å². The van der Waals surface area contributed by atoms with Crippen LogP contribution in [0.4, 0.5) is 5.82 Å². The van der Waals surface area contributed by atoms with Gasteiger partial charge in [-0.15, -0.1) is 5.10 Å². The SMILES string of the molecule is CCCOc1ccc(-c2c(C(=O)N/N=C(\C)c3ccc(OCC)cc3)nnn2-c2nonc2N)cc1. The lowest BCUT2D eigenvalue weighted by atomic mass is 10.1. The van der Waals surface area contributed by atoms with Gasteiger partial charge in [-0.1, -0.05) is 12.1 Å². The molecule has 0 unspecified atom stereocenters. The van der Waals surface area contributed by atoms with Crippen LogP contribution in [0, 0.1) is 0 Å². The summed E-state index contributed by atoms with van der Waals surface area (Å²) >= 11 is 0. The third-order valence-corrected chi connectivity index (χ3v) is 5.09. The Bertz CT molecular complexity index is 1340. The van der Waals surface area contributed by atoms with Crippen molar-refractivity contribution in [3.8, 4) is 28.6 Å². The molecule has 0 radical (unpaired) electrons. The molecule has 4 aromatic rings. The minimum atomic E-state index is -0.567. The standard InChI is InChI=1S/C24H26N8O4/c1-4-14-35-19-12-8-17(9-13-19)21-20(27-31-32(21)23-22(25)29-36-30-23)24(33)28-26-15(3)16-6-10-18(11-7-16)34-5-2/h6-13H,4-5,14H2,1-3H3,(H2,25,29)(H,28,33)/b26-15+. The molecular weight excluding hydrogens is 464 g/mol. The summed E-state index contributed by atoms with van der Waals surface area (Å²) in [6, 6.07) is 14.6. The first kappa shape index (κ1) is 24.4. The number of nitrogens with one attached hydrogen (secondary N) is 1. The van der Waals surface area contributed by atoms with Gasteiger partial charge in [0, 0.05) is 5.56 Å². The van der Waals surface area contributed by atoms with Crippen molar-refractivity contribution in [2.24, 2.45) is 5.10 Å². The van der Waals surface area contributed by atoms with Crippen molar-refractivity contribution in [3.63, 3.8) is 0 Å². The third-order valence-electron chi connectivity index (χ3n) is 5.09. The lowest BCUT2D eigenvalue weighted by Crippen LogP contribution is -2.21. The fraction of sp³-hybridized carbons (Fsp3) is 0.250. The van der Waals surface area contributed by atoms with Crippen LogP contribution in [0.1, 0.15) is 43.2 Å². The minimum Gasteiger partial charge on any atom is -0.494 e. The van der Waals surface area contributed by atoms with Crippen LogP contribution in [0.3, 0.4) is 0 Å². The highest BCUT2D eigenvalue weighted by molar-refractivity contribution is 6.02. The summed E-state index contributed by atoms with van der Waals surface area (Å²) in [7, 11) is 0. The van der Waals surface area contributed by atoms with Gasteiger partial charge in [-0.25, -0.2) is 10.1 Å². The predicted molar refractivity (Wildman–Crippen MR) is 132 cm³/mol. The van der Waals surface area contributed by atoms with Gasteiger partial charge in [0.15, 0.2) is 5.69 Å². The fourth-order valence-corrected chi connectivity index (χ4v) is 3.32. The molecular formula is C24H26N8O4. The number of carbonyl (C=O) groups is 1. The van der Waals surface area contributed by atoms with E-state index in [-0.39, 0.29) is 17.3 Å². The van der Waals surface area contributed by atoms with E-state index in [4.69, 9.17) is 19.8 Å². The second-order valence-electron chi connectivity index (χ2n) is 7.64. The quantitative estimate of drug-likeness (QED) is 0.252. The number of nitrogen functional groups attached to an aromatic ring is 1. The topological polar surface area (TPSA) is 156 Å². The van der Waals surface area contributed by atoms with E-state index in [0.29, 0.717) is 35.9 Å². The number of aromatic nitrogens is 5. The first-order chi connectivity index (χ1) is 17.5. The molecule has 0 saturated heterocycles. The first-order valence-electron chi connectivity index (χ1n) is 11.4. The molecule has 186 valence electrons. The number of nitrogens with zero attached hydrogens (tertiary/aromatic N) is 6. The molecule has 4 rings (SSSR count). The zero-order valence-electron chi connectivity index (χ0n) is 20.1. The van der Waals surface area contributed by atoms with Crippen molar-refractivity contribution in [1.29, 1.82) is 0 Å². The van der Waals surface area contributed by atoms with E-state index < -0.39 is 5.91 Å². The summed E-state index contributed by atoms with van der Waals surface area (Å²) in [5.74, 6) is 0.996. The van der Waals surface area contributed by atoms with Gasteiger partial charge < -0.3 is 15.2 Å². The summed E-state index contributed by atoms with van der Waals surface area (Å²) < 4.78 is 17.1. The third kappa shape index (κ3) is 5.32. The smallest absolute Gasteiger partial charge is 0.294 e. The highest BCUT2D eigenvalue weighted by Gasteiger charge is 2.25. The fourth-order valence-electron chi connectivity index (χ4n) is 3.32. The minimum absolute atomic E-state index is 0.000345. The average molecular weight is 491 g/mol. The van der Waals surface area contributed by atoms with Gasteiger partial charge in [0.2, 0.25) is 11.6 Å². The number of amides is 1. The van der Waals surface area contributed by atoms with Gasteiger partial charge >= 0.3 is 0 Å². The summed E-state index contributed by atoms with van der Waals surface area (Å²) in [6.45, 7) is 6.91. The van der Waals surface area contributed by atoms with Crippen molar-refractivity contribution < 1.29 is 18.9 Å². The largest absolute Gasteiger partial charge is 0.494 e. The molecule has 2 aromatic heterocycles. The number of hydrogen-bond donors (Lipinski definition) is 2. The summed E-state index contributed by atoms with van der Waals surface area (Å²) in [4.78, 5) is 13.1. The van der Waals surface area contributed by atoms with E-state index in [1.165, 1.54) is 4.68 Å². The monoisotopic (exact) mass is 490 g/mol. The van der Waals surface area contributed by atoms with Crippen molar-refractivity contribution in [2.45, 2.75) is 27.2 Å². The highest BCUT2D eigenvalue weighted by atomic mass is 16.6. The molecule has 3 N–H and O–H groups in total. The van der Waals surface area contributed by atoms with Crippen LogP contribution in [-0.2, 0) is 0 Å². The first-order valence-corrected chi connectivity index (χ1v) is 11.4. The van der Waals surface area contributed by atoms with Gasteiger partial charge in [-0.3, -0.25) is 4.79 Å². The maximum atomic E-state index is 13.1. The molecule has 0 aliphatic carbocycles. The number of ether oxygens (including phenoxy) is 2. The molecule has 12 nitrogen and oxygen atoms in total. The Balaban J connectivity index is 1.63. The number of carbonyl (C=O) groups excluding carboxylic acids is 1. The van der Waals surface area contributed by atoms with E-state index in [1.54, 1.807) is 31.2 Å². The number of hydrazone groups is 1. The summed E-state index contributed by atoms with van der Waals surface area (Å²) in [5.41, 5.74) is 10.8. The lowest BCUT2D eigenvalue weighted by Gasteiger charge is -2.08. The molecule has 0 aliphatic heterocycles. The lowest BCUT2D eigenvalue weighted by molar-refractivity contribution is 0.0950. The van der Waals surface area contributed by atoms with Crippen LogP contribution in [0.5, 0.6) is 11.5 Å². The highest BCUT2D eigenvalue weighted by Crippen LogP contribution is 2.28. The van der Waals surface area contributed by atoms with Crippen molar-refractivity contribution in [2.75, 3.05) is 18.9 Å². The van der Waals surface area contributed by atoms with Gasteiger partial charge in [-0.05, 0) is 84.7 Å². The van der Waals surface area contributed by atoms with Gasteiger partial charge in [-0.2, -0.15) is 9.78 Å². The molecule has 0 fully saturated rings. The second-order valence-corrected chi connectivity index (χ2v) is 7.64. The molecule has 0 saturated carbocycles. The summed E-state index contributed by atoms with van der Waals surface area (Å²) in [6.07, 6.45) is 0.887. The van der Waals surface area contributed by atoms with E-state index in [0.717, 1.165) is 17.7 Å². The normalized spacial score (nSPS) is 11.4. The van der Waals surface area contributed by atoms with Crippen LogP contribution in [0.25, 0.3) is 17.1 Å². The molecule has 0 aliphatic rings. The maximum Gasteiger partial charge on any atom is 0.294 e. The van der Waals surface area contributed by atoms with Crippen molar-refractivity contribution in [3.05, 3.63) is 59.8 Å². The van der Waals surface area contributed by atoms with Crippen LogP contribution < -0.4 is 20.6 Å². The van der Waals surface area contributed by atoms with Gasteiger partial charge in [0.05, 0.1) is 18.9 Å². The molecule has 1 amide bonds. The molecule has 0 bridgehead atoms. The second kappa shape index (κ2) is 11.1. The molecule has 36 heavy (non-hydrogen) atoms. The van der Waals surface area contributed by atoms with Crippen LogP contribution in [0.2, 0.25) is 0 Å². The summed E-state index contributed by atoms with van der Waals surface area (Å²) in [5, 5.41) is 19.7. The van der Waals surface area contributed by atoms with E-state index in [1.807, 2.05) is 38.1 Å². The Hall–Kier alpha value is -4.74. The number of anilines is 1. The zero-order valence-corrected chi connectivity index (χ0v) is 20.1. The Labute approximate surface area is 207 Å². The van der Waals surface area contributed by atoms with Crippen LogP contribution in [-0.4, -0.2) is 50.1 Å². The molecule has 12 heteroatoms. The van der Waals surface area contributed by atoms with Gasteiger partial charge in [0.1, 0.15) is 17.2 Å².